The number of nitrogens with zero attached hydrogens (tertiary/aromatic N) is 2. The number of aromatic nitrogens is 1. The van der Waals surface area contributed by atoms with Gasteiger partial charge < -0.3 is 19.9 Å². The lowest BCUT2D eigenvalue weighted by atomic mass is 10.2. The first-order valence-electron chi connectivity index (χ1n) is 5.94. The molecule has 6 nitrogen and oxygen atoms in total. The molecule has 0 aliphatic carbocycles. The van der Waals surface area contributed by atoms with Gasteiger partial charge in [0.1, 0.15) is 6.04 Å². The molecule has 0 unspecified atom stereocenters. The smallest absolute Gasteiger partial charge is 0.274 e. The lowest BCUT2D eigenvalue weighted by molar-refractivity contribution is -0.138. The first-order chi connectivity index (χ1) is 8.61. The number of carbonyl (C=O) groups excluding carboxylic acids is 1. The van der Waals surface area contributed by atoms with E-state index in [1.807, 2.05) is 0 Å². The van der Waals surface area contributed by atoms with Crippen molar-refractivity contribution in [3.8, 4) is 0 Å². The molecule has 1 atom stereocenters. The van der Waals surface area contributed by atoms with E-state index in [-0.39, 0.29) is 17.2 Å². The molecule has 1 saturated heterocycles. The maximum atomic E-state index is 12.2. The molecular weight excluding hydrogens is 234 g/mol. The Morgan fingerprint density at radius 3 is 2.78 bits per heavy atom. The van der Waals surface area contributed by atoms with Gasteiger partial charge in [-0.15, -0.1) is 0 Å². The van der Waals surface area contributed by atoms with Crippen LogP contribution >= 0.6 is 0 Å². The summed E-state index contributed by atoms with van der Waals surface area (Å²) in [5.41, 5.74) is 5.38. The number of carbonyl (C=O) groups is 1. The number of ether oxygens (including phenoxy) is 1. The van der Waals surface area contributed by atoms with E-state index in [0.29, 0.717) is 26.3 Å². The van der Waals surface area contributed by atoms with Crippen LogP contribution in [0.2, 0.25) is 0 Å². The molecule has 0 aromatic carbocycles. The minimum Gasteiger partial charge on any atom is -0.394 e. The largest absolute Gasteiger partial charge is 0.394 e. The molecule has 0 bridgehead atoms. The molecule has 1 aliphatic heterocycles. The Kier molecular flexibility index (Phi) is 3.66. The van der Waals surface area contributed by atoms with Crippen LogP contribution in [0.1, 0.15) is 13.0 Å². The zero-order valence-electron chi connectivity index (χ0n) is 10.3. The molecule has 1 aliphatic rings. The van der Waals surface area contributed by atoms with Gasteiger partial charge >= 0.3 is 0 Å². The summed E-state index contributed by atoms with van der Waals surface area (Å²) in [5, 5.41) is 0. The molecule has 1 fully saturated rings. The van der Waals surface area contributed by atoms with Crippen LogP contribution < -0.4 is 11.3 Å². The number of anilines is 1. The molecule has 2 rings (SSSR count). The van der Waals surface area contributed by atoms with Gasteiger partial charge in [0, 0.05) is 19.3 Å². The second-order valence-corrected chi connectivity index (χ2v) is 4.29. The minimum atomic E-state index is -0.543. The Balaban J connectivity index is 2.20. The number of nitrogens with two attached hydrogens (primary N) is 1. The summed E-state index contributed by atoms with van der Waals surface area (Å²) >= 11 is 0. The Morgan fingerprint density at radius 1 is 1.44 bits per heavy atom. The van der Waals surface area contributed by atoms with Gasteiger partial charge in [-0.3, -0.25) is 9.59 Å². The minimum absolute atomic E-state index is 0.0778. The van der Waals surface area contributed by atoms with Crippen molar-refractivity contribution in [1.29, 1.82) is 0 Å². The van der Waals surface area contributed by atoms with Crippen LogP contribution in [-0.4, -0.2) is 41.7 Å². The molecule has 1 aromatic heterocycles. The summed E-state index contributed by atoms with van der Waals surface area (Å²) in [6.45, 7) is 3.94. The summed E-state index contributed by atoms with van der Waals surface area (Å²) in [6.07, 6.45) is 1.59. The molecule has 18 heavy (non-hydrogen) atoms. The Morgan fingerprint density at radius 2 is 2.11 bits per heavy atom. The van der Waals surface area contributed by atoms with Gasteiger partial charge in [-0.05, 0) is 19.1 Å². The zero-order valence-corrected chi connectivity index (χ0v) is 10.3. The van der Waals surface area contributed by atoms with E-state index in [1.54, 1.807) is 24.1 Å². The number of rotatable bonds is 2. The molecule has 0 spiro atoms. The van der Waals surface area contributed by atoms with Crippen LogP contribution in [0.25, 0.3) is 0 Å². The van der Waals surface area contributed by atoms with E-state index in [0.717, 1.165) is 0 Å². The van der Waals surface area contributed by atoms with Gasteiger partial charge in [-0.25, -0.2) is 0 Å². The molecule has 98 valence electrons. The van der Waals surface area contributed by atoms with Crippen molar-refractivity contribution in [3.05, 3.63) is 28.7 Å². The molecule has 0 saturated carbocycles. The van der Waals surface area contributed by atoms with Crippen LogP contribution in [0.3, 0.4) is 0 Å². The first kappa shape index (κ1) is 12.6. The van der Waals surface area contributed by atoms with Crippen molar-refractivity contribution in [2.45, 2.75) is 13.0 Å². The summed E-state index contributed by atoms with van der Waals surface area (Å²) in [7, 11) is 0. The molecule has 2 N–H and O–H groups in total. The molecular formula is C12H17N3O3. The zero-order chi connectivity index (χ0) is 13.1. The molecule has 1 amide bonds. The Bertz CT molecular complexity index is 492. The first-order valence-corrected chi connectivity index (χ1v) is 5.94. The van der Waals surface area contributed by atoms with Crippen molar-refractivity contribution >= 4 is 11.6 Å². The lowest BCUT2D eigenvalue weighted by Crippen LogP contribution is -2.45. The summed E-state index contributed by atoms with van der Waals surface area (Å²) in [4.78, 5) is 25.8. The summed E-state index contributed by atoms with van der Waals surface area (Å²) < 4.78 is 6.56. The third kappa shape index (κ3) is 2.38. The highest BCUT2D eigenvalue weighted by molar-refractivity contribution is 5.80. The number of hydrogen-bond acceptors (Lipinski definition) is 4. The Labute approximate surface area is 105 Å². The standard InChI is InChI=1S/C12H17N3O3/c1-9(11(16)14-5-7-18-8-6-14)15-4-2-3-10(13)12(15)17/h2-4,9H,5-8,13H2,1H3/t9-/m1/s1. The van der Waals surface area contributed by atoms with Crippen LogP contribution in [-0.2, 0) is 9.53 Å². The lowest BCUT2D eigenvalue weighted by Gasteiger charge is -2.29. The van der Waals surface area contributed by atoms with E-state index in [9.17, 15) is 9.59 Å². The summed E-state index contributed by atoms with van der Waals surface area (Å²) in [6, 6.07) is 2.66. The van der Waals surface area contributed by atoms with Gasteiger partial charge in [-0.2, -0.15) is 0 Å². The van der Waals surface area contributed by atoms with Gasteiger partial charge in [-0.1, -0.05) is 0 Å². The van der Waals surface area contributed by atoms with E-state index in [1.165, 1.54) is 10.6 Å². The maximum absolute atomic E-state index is 12.2. The average molecular weight is 251 g/mol. The second kappa shape index (κ2) is 5.22. The molecule has 6 heteroatoms. The normalized spacial score (nSPS) is 17.5. The van der Waals surface area contributed by atoms with E-state index < -0.39 is 6.04 Å². The highest BCUT2D eigenvalue weighted by Crippen LogP contribution is 2.10. The monoisotopic (exact) mass is 251 g/mol. The SMILES string of the molecule is C[C@H](C(=O)N1CCOCC1)n1cccc(N)c1=O. The second-order valence-electron chi connectivity index (χ2n) is 4.29. The maximum Gasteiger partial charge on any atom is 0.274 e. The van der Waals surface area contributed by atoms with E-state index in [4.69, 9.17) is 10.5 Å². The fraction of sp³-hybridized carbons (Fsp3) is 0.500. The molecule has 2 heterocycles. The van der Waals surface area contributed by atoms with E-state index in [2.05, 4.69) is 0 Å². The van der Waals surface area contributed by atoms with Crippen LogP contribution in [0.4, 0.5) is 5.69 Å². The third-order valence-corrected chi connectivity index (χ3v) is 3.10. The topological polar surface area (TPSA) is 77.6 Å². The van der Waals surface area contributed by atoms with Gasteiger partial charge in [0.05, 0.1) is 18.9 Å². The molecule has 1 aromatic rings. The Hall–Kier alpha value is -1.82. The van der Waals surface area contributed by atoms with Crippen LogP contribution in [0.15, 0.2) is 23.1 Å². The van der Waals surface area contributed by atoms with Gasteiger partial charge in [0.25, 0.3) is 5.56 Å². The fourth-order valence-electron chi connectivity index (χ4n) is 2.00. The molecule has 0 radical (unpaired) electrons. The number of amides is 1. The van der Waals surface area contributed by atoms with Crippen molar-refractivity contribution in [3.63, 3.8) is 0 Å². The van der Waals surface area contributed by atoms with Crippen molar-refractivity contribution in [2.75, 3.05) is 32.0 Å². The number of nitrogen functional groups attached to an aromatic ring is 1. The predicted octanol–water partition coefficient (Wildman–Crippen LogP) is -0.150. The summed E-state index contributed by atoms with van der Waals surface area (Å²) in [5.74, 6) is -0.0778. The number of hydrogen-bond donors (Lipinski definition) is 1. The van der Waals surface area contributed by atoms with Crippen molar-refractivity contribution in [2.24, 2.45) is 0 Å². The van der Waals surface area contributed by atoms with Crippen molar-refractivity contribution in [1.82, 2.24) is 9.47 Å². The van der Waals surface area contributed by atoms with Crippen LogP contribution in [0, 0.1) is 0 Å². The van der Waals surface area contributed by atoms with Gasteiger partial charge in [0.15, 0.2) is 0 Å². The predicted molar refractivity (Wildman–Crippen MR) is 67.2 cm³/mol. The highest BCUT2D eigenvalue weighted by atomic mass is 16.5. The fourth-order valence-corrected chi connectivity index (χ4v) is 2.00. The van der Waals surface area contributed by atoms with Crippen molar-refractivity contribution < 1.29 is 9.53 Å². The number of morpholine rings is 1. The van der Waals surface area contributed by atoms with Gasteiger partial charge in [0.2, 0.25) is 5.91 Å². The third-order valence-electron chi connectivity index (χ3n) is 3.10. The number of pyridine rings is 1. The quantitative estimate of drug-likeness (QED) is 0.793. The average Bonchev–Trinajstić information content (AvgIpc) is 2.41. The van der Waals surface area contributed by atoms with E-state index >= 15 is 0 Å². The highest BCUT2D eigenvalue weighted by Gasteiger charge is 2.24. The van der Waals surface area contributed by atoms with Crippen LogP contribution in [0.5, 0.6) is 0 Å².